The fourth-order valence-electron chi connectivity index (χ4n) is 4.44. The third-order valence-electron chi connectivity index (χ3n) is 6.18. The van der Waals surface area contributed by atoms with Gasteiger partial charge in [0.2, 0.25) is 5.91 Å². The summed E-state index contributed by atoms with van der Waals surface area (Å²) >= 11 is 1.62. The van der Waals surface area contributed by atoms with Crippen LogP contribution in [0.5, 0.6) is 5.75 Å². The molecule has 2 atom stereocenters. The summed E-state index contributed by atoms with van der Waals surface area (Å²) in [4.78, 5) is 53.3. The zero-order valence-corrected chi connectivity index (χ0v) is 24.2. The number of nitro groups is 1. The van der Waals surface area contributed by atoms with E-state index in [-0.39, 0.29) is 37.0 Å². The fraction of sp³-hybridized carbons (Fsp3) is 0.379. The second kappa shape index (κ2) is 15.0. The van der Waals surface area contributed by atoms with Gasteiger partial charge in [-0.3, -0.25) is 24.7 Å². The first-order valence-electron chi connectivity index (χ1n) is 13.0. The number of benzene rings is 2. The van der Waals surface area contributed by atoms with E-state index in [0.717, 1.165) is 5.75 Å². The number of ether oxygens (including phenoxy) is 3. The number of rotatable bonds is 13. The molecular formula is C29H33N3O8S. The van der Waals surface area contributed by atoms with Crippen molar-refractivity contribution in [1.82, 2.24) is 0 Å². The maximum Gasteiger partial charge on any atom is 0.336 e. The lowest BCUT2D eigenvalue weighted by atomic mass is 9.75. The Bertz CT molecular complexity index is 1340. The Morgan fingerprint density at radius 3 is 2.44 bits per heavy atom. The molecule has 12 heteroatoms. The van der Waals surface area contributed by atoms with Crippen LogP contribution in [0.3, 0.4) is 0 Å². The quantitative estimate of drug-likeness (QED) is 0.150. The minimum atomic E-state index is -0.965. The van der Waals surface area contributed by atoms with E-state index in [4.69, 9.17) is 14.2 Å². The van der Waals surface area contributed by atoms with Gasteiger partial charge in [0.15, 0.2) is 0 Å². The number of carbonyl (C=O) groups is 3. The van der Waals surface area contributed by atoms with E-state index in [1.54, 1.807) is 55.9 Å². The molecule has 0 saturated carbocycles. The summed E-state index contributed by atoms with van der Waals surface area (Å²) in [5.41, 5.74) is 1.77. The first-order chi connectivity index (χ1) is 19.6. The zero-order chi connectivity index (χ0) is 29.9. The summed E-state index contributed by atoms with van der Waals surface area (Å²) in [5, 5.41) is 14.2. The van der Waals surface area contributed by atoms with Crippen LogP contribution in [0.25, 0.3) is 0 Å². The molecule has 1 heterocycles. The number of anilines is 1. The molecule has 0 radical (unpaired) electrons. The number of non-ortho nitro benzene ring substituents is 1. The van der Waals surface area contributed by atoms with Gasteiger partial charge in [0.1, 0.15) is 31.5 Å². The summed E-state index contributed by atoms with van der Waals surface area (Å²) in [6.07, 6.45) is 0. The van der Waals surface area contributed by atoms with Crippen molar-refractivity contribution >= 4 is 46.7 Å². The Morgan fingerprint density at radius 1 is 1.05 bits per heavy atom. The van der Waals surface area contributed by atoms with Crippen molar-refractivity contribution in [3.05, 3.63) is 75.5 Å². The van der Waals surface area contributed by atoms with Gasteiger partial charge in [-0.2, -0.15) is 11.8 Å². The van der Waals surface area contributed by atoms with Crippen LogP contribution in [0.15, 0.2) is 64.8 Å². The van der Waals surface area contributed by atoms with Gasteiger partial charge in [-0.15, -0.1) is 0 Å². The molecule has 0 bridgehead atoms. The highest BCUT2D eigenvalue weighted by Crippen LogP contribution is 2.41. The third-order valence-corrected chi connectivity index (χ3v) is 7.04. The van der Waals surface area contributed by atoms with Crippen LogP contribution in [-0.2, 0) is 23.9 Å². The van der Waals surface area contributed by atoms with Crippen molar-refractivity contribution in [2.24, 2.45) is 10.9 Å². The molecule has 0 fully saturated rings. The van der Waals surface area contributed by atoms with Crippen LogP contribution in [0.1, 0.15) is 39.2 Å². The second-order valence-corrected chi connectivity index (χ2v) is 10.5. The van der Waals surface area contributed by atoms with E-state index in [1.165, 1.54) is 25.1 Å². The molecule has 1 amide bonds. The average Bonchev–Trinajstić information content (AvgIpc) is 2.93. The Labute approximate surface area is 242 Å². The number of nitrogens with one attached hydrogen (secondary N) is 1. The molecule has 11 nitrogen and oxygen atoms in total. The highest BCUT2D eigenvalue weighted by Gasteiger charge is 2.42. The van der Waals surface area contributed by atoms with Crippen molar-refractivity contribution in [3.8, 4) is 5.75 Å². The Kier molecular flexibility index (Phi) is 11.5. The Balaban J connectivity index is 1.79. The van der Waals surface area contributed by atoms with Crippen LogP contribution < -0.4 is 10.1 Å². The van der Waals surface area contributed by atoms with Crippen LogP contribution in [-0.4, -0.2) is 59.8 Å². The van der Waals surface area contributed by atoms with E-state index in [0.29, 0.717) is 34.2 Å². The molecule has 0 aromatic heterocycles. The number of carbonyl (C=O) groups excluding carboxylic acids is 3. The van der Waals surface area contributed by atoms with Crippen LogP contribution in [0.2, 0.25) is 0 Å². The monoisotopic (exact) mass is 583 g/mol. The highest BCUT2D eigenvalue weighted by molar-refractivity contribution is 7.99. The fourth-order valence-corrected chi connectivity index (χ4v) is 4.93. The summed E-state index contributed by atoms with van der Waals surface area (Å²) in [6.45, 7) is 6.86. The summed E-state index contributed by atoms with van der Waals surface area (Å²) in [5.74, 6) is -1.31. The molecule has 2 unspecified atom stereocenters. The average molecular weight is 584 g/mol. The number of amides is 1. The molecule has 1 aliphatic rings. The van der Waals surface area contributed by atoms with E-state index >= 15 is 0 Å². The maximum atomic E-state index is 13.4. The molecule has 0 spiro atoms. The number of allylic oxidation sites excluding steroid dienone is 1. The maximum absolute atomic E-state index is 13.4. The van der Waals surface area contributed by atoms with Crippen molar-refractivity contribution in [3.63, 3.8) is 0 Å². The van der Waals surface area contributed by atoms with Crippen molar-refractivity contribution < 1.29 is 33.5 Å². The van der Waals surface area contributed by atoms with Crippen LogP contribution >= 0.6 is 11.8 Å². The minimum Gasteiger partial charge on any atom is -0.490 e. The molecule has 2 aromatic rings. The summed E-state index contributed by atoms with van der Waals surface area (Å²) < 4.78 is 16.7. The number of hydrogen-bond donors (Lipinski definition) is 1. The lowest BCUT2D eigenvalue weighted by Crippen LogP contribution is -2.37. The van der Waals surface area contributed by atoms with E-state index < -0.39 is 28.7 Å². The topological polar surface area (TPSA) is 146 Å². The molecule has 2 aromatic carbocycles. The van der Waals surface area contributed by atoms with Gasteiger partial charge < -0.3 is 19.5 Å². The first kappa shape index (κ1) is 31.3. The molecule has 218 valence electrons. The van der Waals surface area contributed by atoms with Crippen molar-refractivity contribution in [1.29, 1.82) is 0 Å². The predicted octanol–water partition coefficient (Wildman–Crippen LogP) is 4.92. The Morgan fingerprint density at radius 2 is 1.78 bits per heavy atom. The van der Waals surface area contributed by atoms with Gasteiger partial charge >= 0.3 is 11.9 Å². The molecular weight excluding hydrogens is 550 g/mol. The van der Waals surface area contributed by atoms with E-state index in [9.17, 15) is 24.5 Å². The number of thioether (sulfide) groups is 1. The Hall–Kier alpha value is -4.19. The smallest absolute Gasteiger partial charge is 0.336 e. The normalized spacial score (nSPS) is 16.4. The lowest BCUT2D eigenvalue weighted by Gasteiger charge is -2.31. The van der Waals surface area contributed by atoms with Crippen molar-refractivity contribution in [2.45, 2.75) is 33.6 Å². The van der Waals surface area contributed by atoms with Gasteiger partial charge in [-0.25, -0.2) is 4.79 Å². The van der Waals surface area contributed by atoms with E-state index in [1.807, 2.05) is 6.92 Å². The van der Waals surface area contributed by atoms with Gasteiger partial charge in [0, 0.05) is 47.8 Å². The van der Waals surface area contributed by atoms with E-state index in [2.05, 4.69) is 10.3 Å². The largest absolute Gasteiger partial charge is 0.490 e. The minimum absolute atomic E-state index is 0.0435. The first-order valence-corrected chi connectivity index (χ1v) is 14.2. The third kappa shape index (κ3) is 8.65. The number of nitrogens with zero attached hydrogens (tertiary/aromatic N) is 2. The zero-order valence-electron chi connectivity index (χ0n) is 23.4. The molecule has 3 rings (SSSR count). The van der Waals surface area contributed by atoms with Gasteiger partial charge in [-0.1, -0.05) is 19.1 Å². The molecule has 1 N–H and O–H groups in total. The molecule has 0 aliphatic carbocycles. The summed E-state index contributed by atoms with van der Waals surface area (Å²) in [7, 11) is 0. The number of aliphatic imine (C=N–C) groups is 1. The SMILES string of the molecule is CCSCCOC(=O)C1C(C)=NC(C)=C(C(=O)OCCOc2ccc(NC(C)=O)cc2)C1c1cccc([N+](=O)[O-])c1. The standard InChI is InChI=1S/C29H33N3O8S/c1-5-41-16-15-40-29(35)26-19(3)30-18(2)25(27(26)21-7-6-8-23(17-21)32(36)37)28(34)39-14-13-38-24-11-9-22(10-12-24)31-20(4)33/h6-12,17,26-27H,5,13-16H2,1-4H3,(H,31,33). The molecule has 0 saturated heterocycles. The van der Waals surface area contributed by atoms with Gasteiger partial charge in [0.25, 0.3) is 5.69 Å². The summed E-state index contributed by atoms with van der Waals surface area (Å²) in [6, 6.07) is 12.6. The number of esters is 2. The van der Waals surface area contributed by atoms with Crippen molar-refractivity contribution in [2.75, 3.05) is 36.6 Å². The van der Waals surface area contributed by atoms with Gasteiger partial charge in [0.05, 0.1) is 10.5 Å². The van der Waals surface area contributed by atoms with Gasteiger partial charge in [-0.05, 0) is 49.4 Å². The predicted molar refractivity (Wildman–Crippen MR) is 156 cm³/mol. The van der Waals surface area contributed by atoms with Crippen LogP contribution in [0, 0.1) is 16.0 Å². The number of nitro benzene ring substituents is 1. The second-order valence-electron chi connectivity index (χ2n) is 9.11. The number of hydrogen-bond acceptors (Lipinski definition) is 10. The molecule has 1 aliphatic heterocycles. The highest BCUT2D eigenvalue weighted by atomic mass is 32.2. The molecule has 41 heavy (non-hydrogen) atoms. The van der Waals surface area contributed by atoms with Crippen LogP contribution in [0.4, 0.5) is 11.4 Å². The lowest BCUT2D eigenvalue weighted by molar-refractivity contribution is -0.384.